The number of aromatic nitrogens is 1. The summed E-state index contributed by atoms with van der Waals surface area (Å²) in [4.78, 5) is 15.7. The number of carbonyl (C=O) groups excluding carboxylic acids is 1. The third-order valence-corrected chi connectivity index (χ3v) is 6.34. The Morgan fingerprint density at radius 1 is 1.48 bits per heavy atom. The zero-order chi connectivity index (χ0) is 15.6. The minimum atomic E-state index is -3.65. The first-order chi connectivity index (χ1) is 9.85. The Kier molecular flexibility index (Phi) is 4.88. The number of aryl methyl sites for hydroxylation is 1. The Hall–Kier alpha value is -1.15. The molecule has 1 aromatic rings. The summed E-state index contributed by atoms with van der Waals surface area (Å²) in [7, 11) is -2.38. The summed E-state index contributed by atoms with van der Waals surface area (Å²) < 4.78 is 32.8. The molecule has 1 aliphatic rings. The molecule has 2 rings (SSSR count). The lowest BCUT2D eigenvalue weighted by molar-refractivity contribution is -0.145. The number of hydrogen-bond acceptors (Lipinski definition) is 5. The van der Waals surface area contributed by atoms with E-state index in [1.807, 2.05) is 6.92 Å². The molecule has 116 valence electrons. The van der Waals surface area contributed by atoms with Crippen LogP contribution in [0, 0.1) is 12.8 Å². The van der Waals surface area contributed by atoms with E-state index in [0.717, 1.165) is 5.56 Å². The second kappa shape index (κ2) is 6.31. The summed E-state index contributed by atoms with van der Waals surface area (Å²) >= 11 is 3.26. The van der Waals surface area contributed by atoms with E-state index in [2.05, 4.69) is 25.6 Å². The molecule has 0 aromatic carbocycles. The van der Waals surface area contributed by atoms with E-state index in [4.69, 9.17) is 4.74 Å². The average molecular weight is 377 g/mol. The van der Waals surface area contributed by atoms with Crippen molar-refractivity contribution in [2.45, 2.75) is 31.4 Å². The number of hydrogen-bond donors (Lipinski definition) is 1. The third kappa shape index (κ3) is 3.55. The number of nitrogens with one attached hydrogen (secondary N) is 1. The van der Waals surface area contributed by atoms with Crippen LogP contribution in [-0.2, 0) is 19.6 Å². The summed E-state index contributed by atoms with van der Waals surface area (Å²) in [6, 6.07) is 1.69. The molecule has 6 nitrogen and oxygen atoms in total. The van der Waals surface area contributed by atoms with Gasteiger partial charge in [-0.15, -0.1) is 0 Å². The number of ether oxygens (including phenoxy) is 1. The first kappa shape index (κ1) is 16.2. The molecule has 0 aliphatic heterocycles. The van der Waals surface area contributed by atoms with E-state index >= 15 is 0 Å². The van der Waals surface area contributed by atoms with Gasteiger partial charge in [0.15, 0.2) is 0 Å². The molecular formula is C13H17BrN2O4S. The maximum absolute atomic E-state index is 12.5. The zero-order valence-electron chi connectivity index (χ0n) is 11.8. The Labute approximate surface area is 132 Å². The van der Waals surface area contributed by atoms with Crippen molar-refractivity contribution in [3.05, 3.63) is 22.4 Å². The van der Waals surface area contributed by atoms with Crippen LogP contribution in [0.25, 0.3) is 0 Å². The molecule has 8 heteroatoms. The van der Waals surface area contributed by atoms with Gasteiger partial charge in [0, 0.05) is 0 Å². The predicted octanol–water partition coefficient (Wildman–Crippen LogP) is 2.24. The third-order valence-electron chi connectivity index (χ3n) is 3.63. The van der Waals surface area contributed by atoms with Gasteiger partial charge >= 0.3 is 5.97 Å². The molecule has 1 fully saturated rings. The van der Waals surface area contributed by atoms with E-state index in [9.17, 15) is 13.2 Å². The van der Waals surface area contributed by atoms with Gasteiger partial charge in [0.25, 0.3) is 0 Å². The maximum atomic E-state index is 12.5. The first-order valence-electron chi connectivity index (χ1n) is 6.56. The topological polar surface area (TPSA) is 85.4 Å². The van der Waals surface area contributed by atoms with E-state index < -0.39 is 27.2 Å². The van der Waals surface area contributed by atoms with Gasteiger partial charge in [0.2, 0.25) is 10.0 Å². The summed E-state index contributed by atoms with van der Waals surface area (Å²) in [6.07, 6.45) is 3.13. The van der Waals surface area contributed by atoms with Crippen LogP contribution in [0.5, 0.6) is 0 Å². The van der Waals surface area contributed by atoms with Crippen molar-refractivity contribution in [1.29, 1.82) is 0 Å². The molecule has 2 unspecified atom stereocenters. The standard InChI is InChI=1S/C13H17BrN2O4S/c1-8-6-9(7-15-12(8)14)16-21(18,19)11-5-3-4-10(11)13(17)20-2/h6-7,10-11,16H,3-5H2,1-2H3. The molecule has 0 spiro atoms. The fourth-order valence-corrected chi connectivity index (χ4v) is 4.54. The van der Waals surface area contributed by atoms with Crippen LogP contribution in [0.15, 0.2) is 16.9 Å². The first-order valence-corrected chi connectivity index (χ1v) is 8.90. The van der Waals surface area contributed by atoms with Crippen LogP contribution in [0.4, 0.5) is 5.69 Å². The minimum Gasteiger partial charge on any atom is -0.469 e. The molecule has 1 N–H and O–H groups in total. The van der Waals surface area contributed by atoms with E-state index in [1.165, 1.54) is 13.3 Å². The van der Waals surface area contributed by atoms with Crippen molar-refractivity contribution in [3.8, 4) is 0 Å². The number of anilines is 1. The van der Waals surface area contributed by atoms with Crippen LogP contribution in [0.3, 0.4) is 0 Å². The van der Waals surface area contributed by atoms with Crippen LogP contribution in [0.1, 0.15) is 24.8 Å². The van der Waals surface area contributed by atoms with Gasteiger partial charge in [-0.2, -0.15) is 0 Å². The number of pyridine rings is 1. The van der Waals surface area contributed by atoms with Crippen LogP contribution in [-0.4, -0.2) is 31.7 Å². The highest BCUT2D eigenvalue weighted by Crippen LogP contribution is 2.33. The molecular weight excluding hydrogens is 360 g/mol. The summed E-state index contributed by atoms with van der Waals surface area (Å²) in [5.74, 6) is -1.06. The van der Waals surface area contributed by atoms with Gasteiger partial charge in [0.1, 0.15) is 4.60 Å². The van der Waals surface area contributed by atoms with Gasteiger partial charge in [-0.3, -0.25) is 9.52 Å². The molecule has 0 amide bonds. The van der Waals surface area contributed by atoms with Gasteiger partial charge in [-0.05, 0) is 47.3 Å². The lowest BCUT2D eigenvalue weighted by atomic mass is 10.1. The Balaban J connectivity index is 2.21. The van der Waals surface area contributed by atoms with E-state index in [1.54, 1.807) is 6.07 Å². The smallest absolute Gasteiger partial charge is 0.310 e. The highest BCUT2D eigenvalue weighted by Gasteiger charge is 2.42. The van der Waals surface area contributed by atoms with Crippen LogP contribution >= 0.6 is 15.9 Å². The Morgan fingerprint density at radius 2 is 2.19 bits per heavy atom. The van der Waals surface area contributed by atoms with Crippen molar-refractivity contribution in [2.75, 3.05) is 11.8 Å². The van der Waals surface area contributed by atoms with Crippen LogP contribution < -0.4 is 4.72 Å². The Morgan fingerprint density at radius 3 is 2.81 bits per heavy atom. The predicted molar refractivity (Wildman–Crippen MR) is 82.4 cm³/mol. The van der Waals surface area contributed by atoms with Crippen LogP contribution in [0.2, 0.25) is 0 Å². The SMILES string of the molecule is COC(=O)C1CCCC1S(=O)(=O)Nc1cnc(Br)c(C)c1. The molecule has 0 bridgehead atoms. The number of esters is 1. The highest BCUT2D eigenvalue weighted by molar-refractivity contribution is 9.10. The van der Waals surface area contributed by atoms with Crippen molar-refractivity contribution in [2.24, 2.45) is 5.92 Å². The van der Waals surface area contributed by atoms with Crippen molar-refractivity contribution in [1.82, 2.24) is 4.98 Å². The summed E-state index contributed by atoms with van der Waals surface area (Å²) in [5.41, 5.74) is 1.22. The summed E-state index contributed by atoms with van der Waals surface area (Å²) in [6.45, 7) is 1.82. The number of rotatable bonds is 4. The van der Waals surface area contributed by atoms with E-state index in [-0.39, 0.29) is 0 Å². The van der Waals surface area contributed by atoms with Gasteiger partial charge in [-0.25, -0.2) is 13.4 Å². The number of halogens is 1. The van der Waals surface area contributed by atoms with Gasteiger partial charge in [0.05, 0.1) is 30.2 Å². The molecule has 0 saturated heterocycles. The minimum absolute atomic E-state index is 0.395. The second-order valence-electron chi connectivity index (χ2n) is 5.08. The number of nitrogens with zero attached hydrogens (tertiary/aromatic N) is 1. The fourth-order valence-electron chi connectivity index (χ4n) is 2.57. The number of carbonyl (C=O) groups is 1. The monoisotopic (exact) mass is 376 g/mol. The lowest BCUT2D eigenvalue weighted by Crippen LogP contribution is -2.35. The van der Waals surface area contributed by atoms with Gasteiger partial charge in [-0.1, -0.05) is 6.42 Å². The Bertz CT molecular complexity index is 648. The maximum Gasteiger partial charge on any atom is 0.310 e. The average Bonchev–Trinajstić information content (AvgIpc) is 2.92. The molecule has 1 heterocycles. The molecule has 1 saturated carbocycles. The molecule has 2 atom stereocenters. The zero-order valence-corrected chi connectivity index (χ0v) is 14.2. The quantitative estimate of drug-likeness (QED) is 0.643. The fraction of sp³-hybridized carbons (Fsp3) is 0.538. The molecule has 1 aromatic heterocycles. The molecule has 21 heavy (non-hydrogen) atoms. The molecule has 1 aliphatic carbocycles. The van der Waals surface area contributed by atoms with Gasteiger partial charge < -0.3 is 4.74 Å². The summed E-state index contributed by atoms with van der Waals surface area (Å²) in [5, 5.41) is -0.756. The van der Waals surface area contributed by atoms with Crippen molar-refractivity contribution >= 4 is 37.6 Å². The lowest BCUT2D eigenvalue weighted by Gasteiger charge is -2.19. The second-order valence-corrected chi connectivity index (χ2v) is 7.73. The molecule has 0 radical (unpaired) electrons. The van der Waals surface area contributed by atoms with Crippen molar-refractivity contribution in [3.63, 3.8) is 0 Å². The van der Waals surface area contributed by atoms with Crippen molar-refractivity contribution < 1.29 is 17.9 Å². The highest BCUT2D eigenvalue weighted by atomic mass is 79.9. The number of methoxy groups -OCH3 is 1. The number of sulfonamides is 1. The normalized spacial score (nSPS) is 22.0. The largest absolute Gasteiger partial charge is 0.469 e. The van der Waals surface area contributed by atoms with E-state index in [0.29, 0.717) is 29.6 Å².